The Labute approximate surface area is 91.3 Å². The molecule has 0 bridgehead atoms. The molecule has 0 aromatic carbocycles. The van der Waals surface area contributed by atoms with E-state index in [9.17, 15) is 19.5 Å². The molecular weight excluding hydrogens is 242 g/mol. The summed E-state index contributed by atoms with van der Waals surface area (Å²) in [7, 11) is 3.27. The second-order valence-corrected chi connectivity index (χ2v) is 3.50. The summed E-state index contributed by atoms with van der Waals surface area (Å²) in [6.07, 6.45) is 0. The van der Waals surface area contributed by atoms with Gasteiger partial charge >= 0.3 is 11.9 Å². The van der Waals surface area contributed by atoms with Gasteiger partial charge in [0.1, 0.15) is 5.78 Å². The number of ketones is 1. The van der Waals surface area contributed by atoms with E-state index in [-0.39, 0.29) is 0 Å². The molecule has 8 heteroatoms. The Kier molecular flexibility index (Phi) is 5.29. The summed E-state index contributed by atoms with van der Waals surface area (Å²) in [6.45, 7) is 2.07. The number of Topliss-reactive ketones (excluding diaryl/α,β-unsaturated/α-hetero) is 1. The van der Waals surface area contributed by atoms with Gasteiger partial charge in [-0.15, -0.1) is 0 Å². The van der Waals surface area contributed by atoms with E-state index in [4.69, 9.17) is 0 Å². The van der Waals surface area contributed by atoms with Crippen LogP contribution >= 0.6 is 18.9 Å². The molecule has 0 fully saturated rings. The first kappa shape index (κ1) is 14.4. The zero-order valence-corrected chi connectivity index (χ0v) is 10.5. The molecule has 0 radical (unpaired) electrons. The van der Waals surface area contributed by atoms with E-state index in [2.05, 4.69) is 9.05 Å². The third kappa shape index (κ3) is 3.20. The van der Waals surface area contributed by atoms with Crippen molar-refractivity contribution in [1.29, 1.82) is 0 Å². The summed E-state index contributed by atoms with van der Waals surface area (Å²) in [5, 5.41) is 9.70. The summed E-state index contributed by atoms with van der Waals surface area (Å²) >= 11 is 0. The van der Waals surface area contributed by atoms with Crippen molar-refractivity contribution in [1.82, 2.24) is 0 Å². The van der Waals surface area contributed by atoms with Crippen molar-refractivity contribution in [2.45, 2.75) is 19.4 Å². The second kappa shape index (κ2) is 5.50. The number of rotatable bonds is 4. The Morgan fingerprint density at radius 2 is 1.73 bits per heavy atom. The number of aliphatic hydroxyl groups is 1. The normalized spacial score (nSPS) is 16.1. The SMILES string of the molecule is CC(=O)C(C(=O)OP)C(C)(O)C(=O)OP. The van der Waals surface area contributed by atoms with Gasteiger partial charge in [-0.25, -0.2) is 4.79 Å². The molecule has 0 aromatic rings. The minimum Gasteiger partial charge on any atom is -0.451 e. The lowest BCUT2D eigenvalue weighted by molar-refractivity contribution is -0.169. The van der Waals surface area contributed by atoms with Crippen molar-refractivity contribution in [3.05, 3.63) is 0 Å². The highest BCUT2D eigenvalue weighted by molar-refractivity contribution is 7.11. The van der Waals surface area contributed by atoms with E-state index in [1.807, 2.05) is 0 Å². The zero-order chi connectivity index (χ0) is 12.2. The van der Waals surface area contributed by atoms with Gasteiger partial charge < -0.3 is 14.2 Å². The first-order chi connectivity index (χ1) is 6.78. The van der Waals surface area contributed by atoms with Crippen molar-refractivity contribution in [3.8, 4) is 0 Å². The smallest absolute Gasteiger partial charge is 0.341 e. The fourth-order valence-electron chi connectivity index (χ4n) is 1.10. The average Bonchev–Trinajstić information content (AvgIpc) is 2.15. The van der Waals surface area contributed by atoms with Gasteiger partial charge in [0.25, 0.3) is 0 Å². The van der Waals surface area contributed by atoms with Gasteiger partial charge in [-0.1, -0.05) is 0 Å². The molecule has 0 amide bonds. The Balaban J connectivity index is 5.16. The van der Waals surface area contributed by atoms with Gasteiger partial charge in [-0.2, -0.15) is 0 Å². The Hall–Kier alpha value is -0.570. The maximum absolute atomic E-state index is 11.2. The highest BCUT2D eigenvalue weighted by Crippen LogP contribution is 2.23. The first-order valence-corrected chi connectivity index (χ1v) is 4.77. The maximum Gasteiger partial charge on any atom is 0.341 e. The Morgan fingerprint density at radius 3 is 2.00 bits per heavy atom. The van der Waals surface area contributed by atoms with E-state index in [1.54, 1.807) is 18.9 Å². The molecule has 0 aliphatic rings. The van der Waals surface area contributed by atoms with E-state index < -0.39 is 29.2 Å². The van der Waals surface area contributed by atoms with Crippen LogP contribution < -0.4 is 0 Å². The van der Waals surface area contributed by atoms with Crippen LogP contribution in [0.25, 0.3) is 0 Å². The van der Waals surface area contributed by atoms with Crippen LogP contribution in [0, 0.1) is 5.92 Å². The van der Waals surface area contributed by atoms with Crippen LogP contribution in [-0.2, 0) is 23.4 Å². The van der Waals surface area contributed by atoms with Crippen molar-refractivity contribution < 1.29 is 28.5 Å². The summed E-state index contributed by atoms with van der Waals surface area (Å²) in [5.74, 6) is -4.43. The molecule has 0 spiro atoms. The fraction of sp³-hybridized carbons (Fsp3) is 0.571. The monoisotopic (exact) mass is 254 g/mol. The molecule has 0 aromatic heterocycles. The van der Waals surface area contributed by atoms with Crippen LogP contribution in [0.4, 0.5) is 0 Å². The Morgan fingerprint density at radius 1 is 1.27 bits per heavy atom. The molecule has 86 valence electrons. The van der Waals surface area contributed by atoms with E-state index in [0.29, 0.717) is 0 Å². The molecule has 0 heterocycles. The average molecular weight is 254 g/mol. The fourth-order valence-corrected chi connectivity index (χ4v) is 1.47. The summed E-state index contributed by atoms with van der Waals surface area (Å²) < 4.78 is 8.44. The molecule has 0 aliphatic heterocycles. The molecule has 6 nitrogen and oxygen atoms in total. The quantitative estimate of drug-likeness (QED) is 0.542. The standard InChI is InChI=1S/C7H12O6P2/c1-3(8)4(5(9)12-14)7(2,11)6(10)13-15/h4,11H,14-15H2,1-2H3. The number of hydrogen-bond acceptors (Lipinski definition) is 6. The van der Waals surface area contributed by atoms with Crippen LogP contribution in [0.3, 0.4) is 0 Å². The lowest BCUT2D eigenvalue weighted by Gasteiger charge is -2.25. The highest BCUT2D eigenvalue weighted by Gasteiger charge is 2.48. The van der Waals surface area contributed by atoms with Gasteiger partial charge in [0, 0.05) is 0 Å². The van der Waals surface area contributed by atoms with Crippen molar-refractivity contribution >= 4 is 36.7 Å². The molecule has 1 N–H and O–H groups in total. The third-order valence-electron chi connectivity index (χ3n) is 1.84. The number of hydrogen-bond donors (Lipinski definition) is 1. The minimum absolute atomic E-state index is 0.692. The number of carbonyl (C=O) groups is 3. The predicted molar refractivity (Wildman–Crippen MR) is 56.4 cm³/mol. The van der Waals surface area contributed by atoms with Crippen LogP contribution in [0.1, 0.15) is 13.8 Å². The molecule has 4 unspecified atom stereocenters. The van der Waals surface area contributed by atoms with Crippen molar-refractivity contribution in [2.75, 3.05) is 0 Å². The van der Waals surface area contributed by atoms with Crippen molar-refractivity contribution in [3.63, 3.8) is 0 Å². The topological polar surface area (TPSA) is 89.9 Å². The summed E-state index contributed by atoms with van der Waals surface area (Å²) in [5.41, 5.74) is -2.25. The zero-order valence-electron chi connectivity index (χ0n) is 8.22. The van der Waals surface area contributed by atoms with Gasteiger partial charge in [-0.05, 0) is 13.8 Å². The van der Waals surface area contributed by atoms with E-state index >= 15 is 0 Å². The Bertz CT molecular complexity index is 287. The second-order valence-electron chi connectivity index (χ2n) is 3.03. The first-order valence-electron chi connectivity index (χ1n) is 3.83. The molecule has 0 saturated heterocycles. The summed E-state index contributed by atoms with van der Waals surface area (Å²) in [6, 6.07) is 0. The third-order valence-corrected chi connectivity index (χ3v) is 2.29. The van der Waals surface area contributed by atoms with Gasteiger partial charge in [-0.3, -0.25) is 9.59 Å². The van der Waals surface area contributed by atoms with Crippen LogP contribution in [0.5, 0.6) is 0 Å². The molecule has 0 aliphatic carbocycles. The van der Waals surface area contributed by atoms with Gasteiger partial charge in [0.15, 0.2) is 11.5 Å². The number of carbonyl (C=O) groups excluding carboxylic acids is 3. The van der Waals surface area contributed by atoms with E-state index in [0.717, 1.165) is 13.8 Å². The van der Waals surface area contributed by atoms with Crippen molar-refractivity contribution in [2.24, 2.45) is 5.92 Å². The largest absolute Gasteiger partial charge is 0.451 e. The summed E-state index contributed by atoms with van der Waals surface area (Å²) in [4.78, 5) is 33.4. The predicted octanol–water partition coefficient (Wildman–Crippen LogP) is -0.391. The highest BCUT2D eigenvalue weighted by atomic mass is 31.0. The molecule has 4 atom stereocenters. The van der Waals surface area contributed by atoms with Crippen LogP contribution in [0.15, 0.2) is 0 Å². The van der Waals surface area contributed by atoms with Gasteiger partial charge in [0.05, 0.1) is 18.9 Å². The van der Waals surface area contributed by atoms with E-state index in [1.165, 1.54) is 0 Å². The molecular formula is C7H12O6P2. The van der Waals surface area contributed by atoms with Crippen LogP contribution in [0.2, 0.25) is 0 Å². The lowest BCUT2D eigenvalue weighted by Crippen LogP contribution is -2.50. The molecule has 0 rings (SSSR count). The maximum atomic E-state index is 11.2. The molecule has 0 saturated carbocycles. The van der Waals surface area contributed by atoms with Gasteiger partial charge in [0.2, 0.25) is 0 Å². The lowest BCUT2D eigenvalue weighted by atomic mass is 9.86. The van der Waals surface area contributed by atoms with Crippen LogP contribution in [-0.4, -0.2) is 28.4 Å². The molecule has 15 heavy (non-hydrogen) atoms. The minimum atomic E-state index is -2.25.